The second-order valence-electron chi connectivity index (χ2n) is 10.7. The van der Waals surface area contributed by atoms with Crippen LogP contribution < -0.4 is 14.8 Å². The Labute approximate surface area is 246 Å². The number of aromatic nitrogens is 3. The minimum Gasteiger partial charge on any atom is -0.457 e. The fourth-order valence-electron chi connectivity index (χ4n) is 5.34. The quantitative estimate of drug-likeness (QED) is 0.274. The Bertz CT molecular complexity index is 1490. The van der Waals surface area contributed by atoms with Crippen LogP contribution in [0.15, 0.2) is 85.3 Å². The number of carbonyl (C=O) groups is 1. The van der Waals surface area contributed by atoms with E-state index in [1.807, 2.05) is 84.9 Å². The van der Waals surface area contributed by atoms with Gasteiger partial charge in [-0.25, -0.2) is 4.98 Å². The minimum atomic E-state index is 0.0564. The Balaban J connectivity index is 1.03. The van der Waals surface area contributed by atoms with Crippen LogP contribution in [0.4, 0.5) is 0 Å². The van der Waals surface area contributed by atoms with Crippen LogP contribution in [0.1, 0.15) is 6.04 Å². The minimum absolute atomic E-state index is 0.0564. The molecule has 0 unspecified atom stereocenters. The van der Waals surface area contributed by atoms with Gasteiger partial charge in [-0.15, -0.1) is 0 Å². The number of rotatable bonds is 11. The van der Waals surface area contributed by atoms with Gasteiger partial charge in [-0.1, -0.05) is 24.3 Å². The highest BCUT2D eigenvalue weighted by Gasteiger charge is 2.32. The molecule has 0 saturated carbocycles. The summed E-state index contributed by atoms with van der Waals surface area (Å²) in [7, 11) is 1.99. The van der Waals surface area contributed by atoms with Crippen LogP contribution in [-0.4, -0.2) is 101 Å². The van der Waals surface area contributed by atoms with E-state index in [4.69, 9.17) is 9.47 Å². The fourth-order valence-corrected chi connectivity index (χ4v) is 5.34. The zero-order chi connectivity index (χ0) is 28.7. The molecule has 6 rings (SSSR count). The van der Waals surface area contributed by atoms with Crippen molar-refractivity contribution in [2.24, 2.45) is 0 Å². The summed E-state index contributed by atoms with van der Waals surface area (Å²) < 4.78 is 14.2. The van der Waals surface area contributed by atoms with Gasteiger partial charge in [0.1, 0.15) is 29.1 Å². The molecule has 2 aliphatic heterocycles. The SMILES string of the molecule is CNCCN1CCN(C/C=C/C(=O)N2CC(n3ccc4ncnc(Oc5ccc(Oc6ccccc6)cc5)c43)C2)CC1. The number of piperazine rings is 1. The molecular weight excluding hydrogens is 530 g/mol. The lowest BCUT2D eigenvalue weighted by molar-refractivity contribution is -0.131. The molecule has 42 heavy (non-hydrogen) atoms. The number of carbonyl (C=O) groups excluding carboxylic acids is 1. The number of likely N-dealkylation sites (N-methyl/N-ethyl adjacent to an activating group) is 1. The smallest absolute Gasteiger partial charge is 0.247 e. The molecule has 4 aromatic rings. The topological polar surface area (TPSA) is 88.0 Å². The molecule has 2 aromatic carbocycles. The Morgan fingerprint density at radius 1 is 0.905 bits per heavy atom. The van der Waals surface area contributed by atoms with E-state index in [1.165, 1.54) is 6.33 Å². The molecule has 0 aliphatic carbocycles. The van der Waals surface area contributed by atoms with Crippen molar-refractivity contribution in [2.75, 3.05) is 66.0 Å². The molecule has 218 valence electrons. The van der Waals surface area contributed by atoms with Gasteiger partial charge in [-0.05, 0) is 49.5 Å². The summed E-state index contributed by atoms with van der Waals surface area (Å²) in [5.74, 6) is 2.69. The van der Waals surface area contributed by atoms with Gasteiger partial charge in [0.05, 0.1) is 11.6 Å². The lowest BCUT2D eigenvalue weighted by atomic mass is 10.1. The maximum atomic E-state index is 12.8. The molecule has 10 heteroatoms. The van der Waals surface area contributed by atoms with E-state index < -0.39 is 0 Å². The first kappa shape index (κ1) is 27.9. The van der Waals surface area contributed by atoms with E-state index in [9.17, 15) is 4.79 Å². The number of para-hydroxylation sites is 1. The Morgan fingerprint density at radius 2 is 1.60 bits per heavy atom. The number of ether oxygens (including phenoxy) is 2. The number of nitrogens with one attached hydrogen (secondary N) is 1. The third-order valence-corrected chi connectivity index (χ3v) is 7.82. The molecule has 2 fully saturated rings. The first-order valence-corrected chi connectivity index (χ1v) is 14.5. The van der Waals surface area contributed by atoms with Crippen LogP contribution in [0.3, 0.4) is 0 Å². The van der Waals surface area contributed by atoms with Crippen molar-refractivity contribution in [1.82, 2.24) is 34.6 Å². The predicted octanol–water partition coefficient (Wildman–Crippen LogP) is 3.79. The van der Waals surface area contributed by atoms with Crippen LogP contribution in [-0.2, 0) is 4.79 Å². The van der Waals surface area contributed by atoms with Gasteiger partial charge in [0.2, 0.25) is 11.8 Å². The van der Waals surface area contributed by atoms with E-state index >= 15 is 0 Å². The summed E-state index contributed by atoms with van der Waals surface area (Å²) in [5.41, 5.74) is 1.63. The molecule has 10 nitrogen and oxygen atoms in total. The van der Waals surface area contributed by atoms with Gasteiger partial charge in [0.25, 0.3) is 0 Å². The molecule has 2 aromatic heterocycles. The van der Waals surface area contributed by atoms with E-state index in [-0.39, 0.29) is 11.9 Å². The van der Waals surface area contributed by atoms with Gasteiger partial charge in [-0.2, -0.15) is 4.98 Å². The maximum Gasteiger partial charge on any atom is 0.247 e. The molecule has 4 heterocycles. The highest BCUT2D eigenvalue weighted by atomic mass is 16.5. The van der Waals surface area contributed by atoms with E-state index in [0.29, 0.717) is 24.7 Å². The van der Waals surface area contributed by atoms with Crippen molar-refractivity contribution in [3.05, 3.63) is 85.3 Å². The van der Waals surface area contributed by atoms with Crippen molar-refractivity contribution in [3.63, 3.8) is 0 Å². The first-order chi connectivity index (χ1) is 20.7. The normalized spacial score (nSPS) is 16.6. The van der Waals surface area contributed by atoms with Crippen molar-refractivity contribution < 1.29 is 14.3 Å². The van der Waals surface area contributed by atoms with Gasteiger partial charge >= 0.3 is 0 Å². The summed E-state index contributed by atoms with van der Waals surface area (Å²) in [4.78, 5) is 28.4. The Hall–Kier alpha value is -4.25. The molecule has 2 saturated heterocycles. The van der Waals surface area contributed by atoms with Crippen molar-refractivity contribution >= 4 is 16.9 Å². The second kappa shape index (κ2) is 13.2. The van der Waals surface area contributed by atoms with Gasteiger partial charge < -0.3 is 24.3 Å². The molecule has 0 atom stereocenters. The summed E-state index contributed by atoms with van der Waals surface area (Å²) >= 11 is 0. The Morgan fingerprint density at radius 3 is 2.33 bits per heavy atom. The zero-order valence-electron chi connectivity index (χ0n) is 23.9. The van der Waals surface area contributed by atoms with E-state index in [2.05, 4.69) is 29.7 Å². The molecule has 1 amide bonds. The third kappa shape index (κ3) is 6.62. The number of fused-ring (bicyclic) bond motifs is 1. The average molecular weight is 568 g/mol. The molecule has 1 N–H and O–H groups in total. The second-order valence-corrected chi connectivity index (χ2v) is 10.7. The average Bonchev–Trinajstić information content (AvgIpc) is 3.42. The van der Waals surface area contributed by atoms with Crippen LogP contribution in [0.25, 0.3) is 11.0 Å². The highest BCUT2D eigenvalue weighted by molar-refractivity contribution is 5.88. The summed E-state index contributed by atoms with van der Waals surface area (Å²) in [6, 6.07) is 19.2. The molecule has 0 bridgehead atoms. The summed E-state index contributed by atoms with van der Waals surface area (Å²) in [5, 5.41) is 3.21. The highest BCUT2D eigenvalue weighted by Crippen LogP contribution is 2.33. The lowest BCUT2D eigenvalue weighted by Crippen LogP contribution is -2.50. The number of likely N-dealkylation sites (tertiary alicyclic amines) is 1. The Kier molecular flexibility index (Phi) is 8.74. The van der Waals surface area contributed by atoms with Gasteiger partial charge in [-0.3, -0.25) is 14.6 Å². The van der Waals surface area contributed by atoms with E-state index in [0.717, 1.165) is 68.3 Å². The van der Waals surface area contributed by atoms with Gasteiger partial charge in [0.15, 0.2) is 0 Å². The maximum absolute atomic E-state index is 12.8. The molecule has 2 aliphatic rings. The summed E-state index contributed by atoms with van der Waals surface area (Å²) in [6.45, 7) is 8.40. The molecular formula is C32H37N7O3. The van der Waals surface area contributed by atoms with E-state index in [1.54, 1.807) is 6.08 Å². The standard InChI is InChI=1S/C32H37N7O3/c1-33-14-17-37-20-18-36(19-21-37)15-5-8-30(40)38-22-25(23-38)39-16-13-29-31(39)32(35-24-34-29)42-28-11-9-27(10-12-28)41-26-6-3-2-4-7-26/h2-13,16,24-25,33H,14-15,17-23H2,1H3/b8-5+. The number of amides is 1. The van der Waals surface area contributed by atoms with Gasteiger partial charge in [0, 0.05) is 71.2 Å². The van der Waals surface area contributed by atoms with Crippen LogP contribution in [0.5, 0.6) is 23.1 Å². The van der Waals surface area contributed by atoms with Crippen LogP contribution >= 0.6 is 0 Å². The summed E-state index contributed by atoms with van der Waals surface area (Å²) in [6.07, 6.45) is 7.24. The lowest BCUT2D eigenvalue weighted by Gasteiger charge is -2.40. The molecule has 0 radical (unpaired) electrons. The predicted molar refractivity (Wildman–Crippen MR) is 162 cm³/mol. The number of nitrogens with zero attached hydrogens (tertiary/aromatic N) is 6. The molecule has 0 spiro atoms. The van der Waals surface area contributed by atoms with Crippen molar-refractivity contribution in [2.45, 2.75) is 6.04 Å². The van der Waals surface area contributed by atoms with Crippen molar-refractivity contribution in [3.8, 4) is 23.1 Å². The first-order valence-electron chi connectivity index (χ1n) is 14.5. The largest absolute Gasteiger partial charge is 0.457 e. The van der Waals surface area contributed by atoms with Crippen molar-refractivity contribution in [1.29, 1.82) is 0 Å². The number of hydrogen-bond donors (Lipinski definition) is 1. The monoisotopic (exact) mass is 567 g/mol. The zero-order valence-corrected chi connectivity index (χ0v) is 23.9. The fraction of sp³-hybridized carbons (Fsp3) is 0.344. The third-order valence-electron chi connectivity index (χ3n) is 7.82. The number of benzene rings is 2. The number of hydrogen-bond acceptors (Lipinski definition) is 8. The van der Waals surface area contributed by atoms with Crippen LogP contribution in [0, 0.1) is 0 Å². The van der Waals surface area contributed by atoms with Crippen LogP contribution in [0.2, 0.25) is 0 Å².